The number of hydrogen-bond acceptors (Lipinski definition) is 4. The van der Waals surface area contributed by atoms with Crippen molar-refractivity contribution in [1.82, 2.24) is 9.97 Å². The molecule has 0 aromatic carbocycles. The minimum Gasteiger partial charge on any atom is -0.476 e. The second kappa shape index (κ2) is 4.95. The zero-order chi connectivity index (χ0) is 10.6. The van der Waals surface area contributed by atoms with Crippen molar-refractivity contribution in [2.75, 3.05) is 0 Å². The molecule has 5 heteroatoms. The van der Waals surface area contributed by atoms with Gasteiger partial charge in [0.2, 0.25) is 0 Å². The van der Waals surface area contributed by atoms with Gasteiger partial charge in [0.1, 0.15) is 0 Å². The maximum Gasteiger partial charge on any atom is 0.356 e. The van der Waals surface area contributed by atoms with E-state index in [0.717, 1.165) is 11.4 Å². The van der Waals surface area contributed by atoms with Gasteiger partial charge in [-0.1, -0.05) is 13.8 Å². The van der Waals surface area contributed by atoms with Crippen LogP contribution in [0.15, 0.2) is 12.4 Å². The monoisotopic (exact) mass is 212 g/mol. The maximum absolute atomic E-state index is 10.5. The number of aromatic nitrogens is 2. The molecule has 0 aliphatic heterocycles. The fraction of sp³-hybridized carbons (Fsp3) is 0.444. The van der Waals surface area contributed by atoms with Crippen molar-refractivity contribution in [3.63, 3.8) is 0 Å². The number of carboxylic acid groups (broad SMARTS) is 1. The highest BCUT2D eigenvalue weighted by molar-refractivity contribution is 7.99. The molecule has 0 atom stereocenters. The van der Waals surface area contributed by atoms with Crippen LogP contribution in [-0.2, 0) is 5.75 Å². The Morgan fingerprint density at radius 1 is 1.50 bits per heavy atom. The van der Waals surface area contributed by atoms with Gasteiger partial charge in [0.05, 0.1) is 18.1 Å². The lowest BCUT2D eigenvalue weighted by molar-refractivity contribution is 0.0690. The first-order valence-corrected chi connectivity index (χ1v) is 5.30. The molecule has 1 aromatic heterocycles. The average Bonchev–Trinajstić information content (AvgIpc) is 2.15. The summed E-state index contributed by atoms with van der Waals surface area (Å²) in [4.78, 5) is 18.3. The van der Waals surface area contributed by atoms with E-state index in [2.05, 4.69) is 23.8 Å². The summed E-state index contributed by atoms with van der Waals surface area (Å²) in [5.41, 5.74) is 0.803. The molecule has 76 valence electrons. The predicted molar refractivity (Wildman–Crippen MR) is 55.4 cm³/mol. The van der Waals surface area contributed by atoms with Gasteiger partial charge in [-0.3, -0.25) is 4.98 Å². The molecule has 0 fully saturated rings. The van der Waals surface area contributed by atoms with Crippen LogP contribution >= 0.6 is 11.8 Å². The van der Waals surface area contributed by atoms with Crippen LogP contribution in [0, 0.1) is 0 Å². The fourth-order valence-corrected chi connectivity index (χ4v) is 1.44. The van der Waals surface area contributed by atoms with Crippen LogP contribution in [0.4, 0.5) is 0 Å². The molecule has 0 saturated carbocycles. The molecule has 1 heterocycles. The Kier molecular flexibility index (Phi) is 3.88. The summed E-state index contributed by atoms with van der Waals surface area (Å²) in [5, 5.41) is 9.12. The van der Waals surface area contributed by atoms with E-state index in [9.17, 15) is 4.79 Å². The molecule has 0 aliphatic rings. The normalized spacial score (nSPS) is 10.5. The lowest BCUT2D eigenvalue weighted by Crippen LogP contribution is -2.02. The van der Waals surface area contributed by atoms with E-state index in [1.54, 1.807) is 11.8 Å². The third kappa shape index (κ3) is 3.33. The molecule has 1 aromatic rings. The van der Waals surface area contributed by atoms with Gasteiger partial charge >= 0.3 is 5.97 Å². The third-order valence-electron chi connectivity index (χ3n) is 1.49. The fourth-order valence-electron chi connectivity index (χ4n) is 0.792. The molecule has 0 amide bonds. The van der Waals surface area contributed by atoms with E-state index in [1.807, 2.05) is 0 Å². The highest BCUT2D eigenvalue weighted by Crippen LogP contribution is 2.14. The predicted octanol–water partition coefficient (Wildman–Crippen LogP) is 1.82. The molecule has 0 radical (unpaired) electrons. The molecule has 0 unspecified atom stereocenters. The van der Waals surface area contributed by atoms with Crippen LogP contribution in [0.3, 0.4) is 0 Å². The summed E-state index contributed by atoms with van der Waals surface area (Å²) in [5.74, 6) is -0.273. The van der Waals surface area contributed by atoms with Gasteiger partial charge in [-0.25, -0.2) is 9.78 Å². The number of aromatic carboxylic acids is 1. The number of rotatable bonds is 4. The average molecular weight is 212 g/mol. The lowest BCUT2D eigenvalue weighted by Gasteiger charge is -2.03. The SMILES string of the molecule is CC(C)SCc1cnc(C(=O)O)cn1. The van der Waals surface area contributed by atoms with E-state index in [4.69, 9.17) is 5.11 Å². The van der Waals surface area contributed by atoms with Crippen molar-refractivity contribution in [2.24, 2.45) is 0 Å². The topological polar surface area (TPSA) is 63.1 Å². The van der Waals surface area contributed by atoms with E-state index < -0.39 is 5.97 Å². The molecular weight excluding hydrogens is 200 g/mol. The van der Waals surface area contributed by atoms with Crippen LogP contribution in [-0.4, -0.2) is 26.3 Å². The second-order valence-corrected chi connectivity index (χ2v) is 4.62. The number of thioether (sulfide) groups is 1. The van der Waals surface area contributed by atoms with Crippen molar-refractivity contribution in [2.45, 2.75) is 24.9 Å². The quantitative estimate of drug-likeness (QED) is 0.824. The van der Waals surface area contributed by atoms with Crippen LogP contribution < -0.4 is 0 Å². The second-order valence-electron chi connectivity index (χ2n) is 3.06. The Balaban J connectivity index is 2.60. The van der Waals surface area contributed by atoms with Crippen LogP contribution in [0.1, 0.15) is 30.0 Å². The van der Waals surface area contributed by atoms with Crippen LogP contribution in [0.2, 0.25) is 0 Å². The van der Waals surface area contributed by atoms with Gasteiger partial charge < -0.3 is 5.11 Å². The van der Waals surface area contributed by atoms with Crippen LogP contribution in [0.25, 0.3) is 0 Å². The third-order valence-corrected chi connectivity index (χ3v) is 2.62. The van der Waals surface area contributed by atoms with E-state index in [0.29, 0.717) is 5.25 Å². The molecule has 0 spiro atoms. The molecule has 0 aliphatic carbocycles. The van der Waals surface area contributed by atoms with Gasteiger partial charge in [0.15, 0.2) is 5.69 Å². The zero-order valence-electron chi connectivity index (χ0n) is 8.10. The molecule has 14 heavy (non-hydrogen) atoms. The summed E-state index contributed by atoms with van der Waals surface area (Å²) in [6, 6.07) is 0. The van der Waals surface area contributed by atoms with E-state index >= 15 is 0 Å². The van der Waals surface area contributed by atoms with Crippen LogP contribution in [0.5, 0.6) is 0 Å². The Labute approximate surface area is 86.8 Å². The summed E-state index contributed by atoms with van der Waals surface area (Å²) in [7, 11) is 0. The molecule has 0 saturated heterocycles. The number of nitrogens with zero attached hydrogens (tertiary/aromatic N) is 2. The lowest BCUT2D eigenvalue weighted by atomic mass is 10.4. The largest absolute Gasteiger partial charge is 0.476 e. The molecule has 4 nitrogen and oxygen atoms in total. The van der Waals surface area contributed by atoms with E-state index in [1.165, 1.54) is 12.4 Å². The smallest absolute Gasteiger partial charge is 0.356 e. The van der Waals surface area contributed by atoms with Crippen molar-refractivity contribution in [1.29, 1.82) is 0 Å². The Bertz CT molecular complexity index is 311. The van der Waals surface area contributed by atoms with Crippen molar-refractivity contribution in [3.05, 3.63) is 23.8 Å². The molecule has 1 rings (SSSR count). The molecule has 0 bridgehead atoms. The van der Waals surface area contributed by atoms with E-state index in [-0.39, 0.29) is 5.69 Å². The Morgan fingerprint density at radius 2 is 2.21 bits per heavy atom. The summed E-state index contributed by atoms with van der Waals surface area (Å²) in [6.45, 7) is 4.20. The van der Waals surface area contributed by atoms with Gasteiger partial charge in [-0.05, 0) is 5.25 Å². The highest BCUT2D eigenvalue weighted by atomic mass is 32.2. The van der Waals surface area contributed by atoms with Crippen molar-refractivity contribution >= 4 is 17.7 Å². The Hall–Kier alpha value is -1.10. The Morgan fingerprint density at radius 3 is 2.64 bits per heavy atom. The molecular formula is C9H12N2O2S. The summed E-state index contributed by atoms with van der Waals surface area (Å²) in [6.07, 6.45) is 2.80. The standard InChI is InChI=1S/C9H12N2O2S/c1-6(2)14-5-7-3-11-8(4-10-7)9(12)13/h3-4,6H,5H2,1-2H3,(H,12,13). The first-order chi connectivity index (χ1) is 6.59. The number of carbonyl (C=O) groups is 1. The van der Waals surface area contributed by atoms with Gasteiger partial charge in [-0.2, -0.15) is 11.8 Å². The number of carboxylic acids is 1. The van der Waals surface area contributed by atoms with Crippen molar-refractivity contribution in [3.8, 4) is 0 Å². The first kappa shape index (κ1) is 11.0. The number of hydrogen-bond donors (Lipinski definition) is 1. The van der Waals surface area contributed by atoms with Gasteiger partial charge in [0, 0.05) is 5.75 Å². The first-order valence-electron chi connectivity index (χ1n) is 4.25. The minimum atomic E-state index is -1.04. The maximum atomic E-state index is 10.5. The zero-order valence-corrected chi connectivity index (χ0v) is 8.91. The van der Waals surface area contributed by atoms with Gasteiger partial charge in [-0.15, -0.1) is 0 Å². The van der Waals surface area contributed by atoms with Gasteiger partial charge in [0.25, 0.3) is 0 Å². The minimum absolute atomic E-state index is 0.0108. The highest BCUT2D eigenvalue weighted by Gasteiger charge is 2.05. The summed E-state index contributed by atoms with van der Waals surface area (Å²) >= 11 is 1.75. The molecule has 1 N–H and O–H groups in total. The summed E-state index contributed by atoms with van der Waals surface area (Å²) < 4.78 is 0. The van der Waals surface area contributed by atoms with Crippen molar-refractivity contribution < 1.29 is 9.90 Å².